The molecule has 1 aliphatic heterocycles. The number of halogens is 3. The van der Waals surface area contributed by atoms with Gasteiger partial charge in [0.25, 0.3) is 0 Å². The maximum Gasteiger partial charge on any atom is 0.416 e. The molecule has 1 saturated heterocycles. The monoisotopic (exact) mass is 298 g/mol. The van der Waals surface area contributed by atoms with Crippen LogP contribution in [-0.4, -0.2) is 12.6 Å². The van der Waals surface area contributed by atoms with Gasteiger partial charge in [0, 0.05) is 24.8 Å². The second-order valence-corrected chi connectivity index (χ2v) is 6.14. The minimum atomic E-state index is -4.31. The zero-order valence-corrected chi connectivity index (χ0v) is 12.0. The zero-order chi connectivity index (χ0) is 15.0. The van der Waals surface area contributed by atoms with Crippen molar-refractivity contribution in [2.45, 2.75) is 50.9 Å². The molecule has 0 aromatic heterocycles. The van der Waals surface area contributed by atoms with Crippen molar-refractivity contribution in [3.05, 3.63) is 29.3 Å². The van der Waals surface area contributed by atoms with Gasteiger partial charge in [-0.2, -0.15) is 13.2 Å². The molecule has 5 heteroatoms. The molecule has 2 unspecified atom stereocenters. The summed E-state index contributed by atoms with van der Waals surface area (Å²) in [6.45, 7) is 1.08. The maximum atomic E-state index is 12.8. The number of hydrogen-bond donors (Lipinski definition) is 1. The Bertz CT molecular complexity index is 513. The van der Waals surface area contributed by atoms with E-state index in [-0.39, 0.29) is 6.54 Å². The van der Waals surface area contributed by atoms with Crippen molar-refractivity contribution in [1.82, 2.24) is 0 Å². The van der Waals surface area contributed by atoms with Crippen molar-refractivity contribution in [3.8, 4) is 0 Å². The average Bonchev–Trinajstić information content (AvgIpc) is 2.94. The highest BCUT2D eigenvalue weighted by molar-refractivity contribution is 5.57. The van der Waals surface area contributed by atoms with Crippen molar-refractivity contribution >= 4 is 5.69 Å². The largest absolute Gasteiger partial charge is 0.416 e. The third-order valence-electron chi connectivity index (χ3n) is 4.93. The summed E-state index contributed by atoms with van der Waals surface area (Å²) >= 11 is 0. The van der Waals surface area contributed by atoms with Gasteiger partial charge in [-0.3, -0.25) is 0 Å². The number of nitrogens with zero attached hydrogens (tertiary/aromatic N) is 1. The molecule has 2 N–H and O–H groups in total. The third kappa shape index (κ3) is 2.76. The smallest absolute Gasteiger partial charge is 0.368 e. The number of rotatable bonds is 2. The fraction of sp³-hybridized carbons (Fsp3) is 0.625. The lowest BCUT2D eigenvalue weighted by Crippen LogP contribution is -2.43. The Morgan fingerprint density at radius 2 is 1.90 bits per heavy atom. The van der Waals surface area contributed by atoms with Crippen LogP contribution in [0.3, 0.4) is 0 Å². The lowest BCUT2D eigenvalue weighted by Gasteiger charge is -2.40. The molecule has 2 aliphatic rings. The summed E-state index contributed by atoms with van der Waals surface area (Å²) in [7, 11) is 0. The first-order chi connectivity index (χ1) is 10.0. The molecule has 3 rings (SSSR count). The van der Waals surface area contributed by atoms with Gasteiger partial charge in [0.1, 0.15) is 0 Å². The first-order valence-corrected chi connectivity index (χ1v) is 7.67. The standard InChI is InChI=1S/C16H21F3N2/c17-16(18,19)13-6-7-15(12(9-13)10-20)21-8-2-4-11-3-1-5-14(11)21/h6-7,9,11,14H,1-5,8,10,20H2. The molecule has 1 heterocycles. The minimum absolute atomic E-state index is 0.146. The molecule has 0 radical (unpaired) electrons. The molecule has 2 nitrogen and oxygen atoms in total. The summed E-state index contributed by atoms with van der Waals surface area (Å²) in [5.41, 5.74) is 6.62. The van der Waals surface area contributed by atoms with Gasteiger partial charge in [-0.25, -0.2) is 0 Å². The summed E-state index contributed by atoms with van der Waals surface area (Å²) in [5, 5.41) is 0. The summed E-state index contributed by atoms with van der Waals surface area (Å²) in [6.07, 6.45) is 1.69. The fourth-order valence-electron chi connectivity index (χ4n) is 3.96. The van der Waals surface area contributed by atoms with Crippen LogP contribution in [0.1, 0.15) is 43.2 Å². The molecular weight excluding hydrogens is 277 g/mol. The zero-order valence-electron chi connectivity index (χ0n) is 12.0. The van der Waals surface area contributed by atoms with Crippen LogP contribution >= 0.6 is 0 Å². The number of hydrogen-bond acceptors (Lipinski definition) is 2. The molecule has 1 aliphatic carbocycles. The summed E-state index contributed by atoms with van der Waals surface area (Å²) in [5.74, 6) is 0.701. The lowest BCUT2D eigenvalue weighted by molar-refractivity contribution is -0.137. The molecule has 1 aromatic carbocycles. The Labute approximate surface area is 123 Å². The topological polar surface area (TPSA) is 29.3 Å². The number of benzene rings is 1. The number of fused-ring (bicyclic) bond motifs is 1. The van der Waals surface area contributed by atoms with Crippen LogP contribution in [0.2, 0.25) is 0 Å². The van der Waals surface area contributed by atoms with Gasteiger partial charge in [-0.05, 0) is 55.4 Å². The van der Waals surface area contributed by atoms with Gasteiger partial charge in [0.2, 0.25) is 0 Å². The molecule has 0 bridgehead atoms. The second kappa shape index (κ2) is 5.52. The van der Waals surface area contributed by atoms with Gasteiger partial charge in [0.05, 0.1) is 5.56 Å². The van der Waals surface area contributed by atoms with Crippen LogP contribution in [0.5, 0.6) is 0 Å². The molecular formula is C16H21F3N2. The first kappa shape index (κ1) is 14.7. The quantitative estimate of drug-likeness (QED) is 0.896. The highest BCUT2D eigenvalue weighted by Gasteiger charge is 2.36. The third-order valence-corrected chi connectivity index (χ3v) is 4.93. The fourth-order valence-corrected chi connectivity index (χ4v) is 3.96. The molecule has 1 aromatic rings. The molecule has 1 saturated carbocycles. The lowest BCUT2D eigenvalue weighted by atomic mass is 9.90. The number of nitrogens with two attached hydrogens (primary N) is 1. The Morgan fingerprint density at radius 1 is 1.14 bits per heavy atom. The molecule has 0 spiro atoms. The first-order valence-electron chi connectivity index (χ1n) is 7.67. The molecule has 21 heavy (non-hydrogen) atoms. The van der Waals surface area contributed by atoms with E-state index in [9.17, 15) is 13.2 Å². The van der Waals surface area contributed by atoms with E-state index < -0.39 is 11.7 Å². The van der Waals surface area contributed by atoms with E-state index in [1.54, 1.807) is 6.07 Å². The van der Waals surface area contributed by atoms with Crippen molar-refractivity contribution in [2.75, 3.05) is 11.4 Å². The van der Waals surface area contributed by atoms with Crippen molar-refractivity contribution in [1.29, 1.82) is 0 Å². The Kier molecular flexibility index (Phi) is 3.86. The van der Waals surface area contributed by atoms with E-state index in [1.165, 1.54) is 31.4 Å². The Morgan fingerprint density at radius 3 is 2.62 bits per heavy atom. The van der Waals surface area contributed by atoms with Crippen LogP contribution in [0.4, 0.5) is 18.9 Å². The SMILES string of the molecule is NCc1cc(C(F)(F)F)ccc1N1CCCC2CCCC21. The van der Waals surface area contributed by atoms with Gasteiger partial charge in [-0.1, -0.05) is 6.42 Å². The van der Waals surface area contributed by atoms with Crippen LogP contribution in [0.25, 0.3) is 0 Å². The van der Waals surface area contributed by atoms with Gasteiger partial charge in [-0.15, -0.1) is 0 Å². The summed E-state index contributed by atoms with van der Waals surface area (Å²) in [4.78, 5) is 2.31. The predicted octanol–water partition coefficient (Wildman–Crippen LogP) is 3.93. The summed E-state index contributed by atoms with van der Waals surface area (Å²) in [6, 6.07) is 4.51. The number of piperidine rings is 1. The summed E-state index contributed by atoms with van der Waals surface area (Å²) < 4.78 is 38.5. The average molecular weight is 298 g/mol. The predicted molar refractivity (Wildman–Crippen MR) is 77.0 cm³/mol. The van der Waals surface area contributed by atoms with Gasteiger partial charge >= 0.3 is 6.18 Å². The van der Waals surface area contributed by atoms with E-state index in [1.807, 2.05) is 0 Å². The van der Waals surface area contributed by atoms with Crippen molar-refractivity contribution < 1.29 is 13.2 Å². The minimum Gasteiger partial charge on any atom is -0.368 e. The highest BCUT2D eigenvalue weighted by atomic mass is 19.4. The van der Waals surface area contributed by atoms with Gasteiger partial charge < -0.3 is 10.6 Å². The molecule has 2 atom stereocenters. The molecule has 2 fully saturated rings. The van der Waals surface area contributed by atoms with Crippen LogP contribution < -0.4 is 10.6 Å². The highest BCUT2D eigenvalue weighted by Crippen LogP contribution is 2.41. The number of anilines is 1. The van der Waals surface area contributed by atoms with Crippen LogP contribution in [-0.2, 0) is 12.7 Å². The van der Waals surface area contributed by atoms with E-state index in [0.29, 0.717) is 17.5 Å². The number of alkyl halides is 3. The Balaban J connectivity index is 1.94. The van der Waals surface area contributed by atoms with Crippen molar-refractivity contribution in [3.63, 3.8) is 0 Å². The van der Waals surface area contributed by atoms with E-state index in [2.05, 4.69) is 4.90 Å². The normalized spacial score (nSPS) is 26.0. The Hall–Kier alpha value is -1.23. The van der Waals surface area contributed by atoms with Crippen LogP contribution in [0, 0.1) is 5.92 Å². The van der Waals surface area contributed by atoms with E-state index in [4.69, 9.17) is 5.73 Å². The van der Waals surface area contributed by atoms with Crippen molar-refractivity contribution in [2.24, 2.45) is 11.7 Å². The van der Waals surface area contributed by atoms with E-state index in [0.717, 1.165) is 25.1 Å². The van der Waals surface area contributed by atoms with Crippen LogP contribution in [0.15, 0.2) is 18.2 Å². The molecule has 0 amide bonds. The molecule has 116 valence electrons. The maximum absolute atomic E-state index is 12.8. The second-order valence-electron chi connectivity index (χ2n) is 6.14. The van der Waals surface area contributed by atoms with E-state index >= 15 is 0 Å². The van der Waals surface area contributed by atoms with Gasteiger partial charge in [0.15, 0.2) is 0 Å².